The highest BCUT2D eigenvalue weighted by Crippen LogP contribution is 2.18. The molecular weight excluding hydrogens is 408 g/mol. The number of carbonyl (C=O) groups is 1. The van der Waals surface area contributed by atoms with E-state index in [9.17, 15) is 9.59 Å². The molecule has 0 spiro atoms. The van der Waals surface area contributed by atoms with Gasteiger partial charge in [0.2, 0.25) is 5.91 Å². The standard InChI is InChI=1S/C24H24N4O4/c1-15-20(16(2)32-27-15)14-31-18-10-8-17(9-11-18)12-23(29)28(3)13-22-25-21-7-5-4-6-19(21)24(30)26-22/h4-11H,12-14H2,1-3H3,(H,25,26,30). The van der Waals surface area contributed by atoms with Gasteiger partial charge in [-0.15, -0.1) is 0 Å². The van der Waals surface area contributed by atoms with Gasteiger partial charge in [0.1, 0.15) is 23.9 Å². The van der Waals surface area contributed by atoms with Gasteiger partial charge in [0.25, 0.3) is 5.56 Å². The normalized spacial score (nSPS) is 11.0. The number of aromatic nitrogens is 3. The lowest BCUT2D eigenvalue weighted by Crippen LogP contribution is -2.29. The maximum Gasteiger partial charge on any atom is 0.258 e. The molecule has 0 aliphatic rings. The molecule has 2 heterocycles. The second-order valence-electron chi connectivity index (χ2n) is 7.69. The van der Waals surface area contributed by atoms with E-state index in [0.29, 0.717) is 29.1 Å². The predicted octanol–water partition coefficient (Wildman–Crippen LogP) is 3.31. The minimum absolute atomic E-state index is 0.0785. The van der Waals surface area contributed by atoms with E-state index in [0.717, 1.165) is 22.6 Å². The van der Waals surface area contributed by atoms with Crippen LogP contribution in [0.25, 0.3) is 10.9 Å². The molecule has 8 heteroatoms. The first kappa shape index (κ1) is 21.3. The number of benzene rings is 2. The molecule has 2 aromatic carbocycles. The summed E-state index contributed by atoms with van der Waals surface area (Å²) in [7, 11) is 1.69. The second kappa shape index (κ2) is 9.05. The Morgan fingerprint density at radius 3 is 2.59 bits per heavy atom. The van der Waals surface area contributed by atoms with Crippen LogP contribution in [0.5, 0.6) is 5.75 Å². The highest BCUT2D eigenvalue weighted by Gasteiger charge is 2.13. The van der Waals surface area contributed by atoms with Crippen LogP contribution in [0.4, 0.5) is 0 Å². The average Bonchev–Trinajstić information content (AvgIpc) is 3.10. The summed E-state index contributed by atoms with van der Waals surface area (Å²) in [5, 5.41) is 4.45. The zero-order valence-corrected chi connectivity index (χ0v) is 18.2. The number of hydrogen-bond donors (Lipinski definition) is 1. The first-order valence-electron chi connectivity index (χ1n) is 10.3. The van der Waals surface area contributed by atoms with Crippen LogP contribution in [0.1, 0.15) is 28.4 Å². The van der Waals surface area contributed by atoms with Gasteiger partial charge >= 0.3 is 0 Å². The molecule has 4 aromatic rings. The van der Waals surface area contributed by atoms with Gasteiger partial charge in [0.05, 0.1) is 35.1 Å². The fraction of sp³-hybridized carbons (Fsp3) is 0.250. The van der Waals surface area contributed by atoms with E-state index >= 15 is 0 Å². The lowest BCUT2D eigenvalue weighted by atomic mass is 10.1. The highest BCUT2D eigenvalue weighted by molar-refractivity contribution is 5.79. The third-order valence-electron chi connectivity index (χ3n) is 5.32. The largest absolute Gasteiger partial charge is 0.489 e. The van der Waals surface area contributed by atoms with Crippen LogP contribution in [0.2, 0.25) is 0 Å². The van der Waals surface area contributed by atoms with Gasteiger partial charge in [-0.3, -0.25) is 9.59 Å². The summed E-state index contributed by atoms with van der Waals surface area (Å²) in [6, 6.07) is 14.5. The average molecular weight is 432 g/mol. The van der Waals surface area contributed by atoms with Gasteiger partial charge in [-0.1, -0.05) is 29.4 Å². The second-order valence-corrected chi connectivity index (χ2v) is 7.69. The van der Waals surface area contributed by atoms with E-state index in [2.05, 4.69) is 15.1 Å². The molecule has 0 fully saturated rings. The Bertz CT molecular complexity index is 1290. The van der Waals surface area contributed by atoms with Crippen molar-refractivity contribution in [2.45, 2.75) is 33.4 Å². The molecule has 0 atom stereocenters. The highest BCUT2D eigenvalue weighted by atomic mass is 16.5. The monoisotopic (exact) mass is 432 g/mol. The Hall–Kier alpha value is -3.94. The first-order chi connectivity index (χ1) is 15.4. The number of H-pyrrole nitrogens is 1. The molecule has 1 N–H and O–H groups in total. The van der Waals surface area contributed by atoms with Crippen LogP contribution in [0.15, 0.2) is 57.8 Å². The van der Waals surface area contributed by atoms with Gasteiger partial charge in [0, 0.05) is 7.05 Å². The van der Waals surface area contributed by atoms with E-state index in [1.165, 1.54) is 0 Å². The number of rotatable bonds is 7. The number of likely N-dealkylation sites (N-methyl/N-ethyl adjacent to an activating group) is 1. The third-order valence-corrected chi connectivity index (χ3v) is 5.32. The predicted molar refractivity (Wildman–Crippen MR) is 119 cm³/mol. The Labute approximate surface area is 184 Å². The number of carbonyl (C=O) groups excluding carboxylic acids is 1. The maximum absolute atomic E-state index is 12.7. The lowest BCUT2D eigenvalue weighted by Gasteiger charge is -2.17. The summed E-state index contributed by atoms with van der Waals surface area (Å²) >= 11 is 0. The molecule has 0 aliphatic heterocycles. The molecular formula is C24H24N4O4. The van der Waals surface area contributed by atoms with Crippen molar-refractivity contribution in [2.75, 3.05) is 7.05 Å². The summed E-state index contributed by atoms with van der Waals surface area (Å²) in [6.45, 7) is 4.33. The molecule has 0 radical (unpaired) electrons. The van der Waals surface area contributed by atoms with Crippen molar-refractivity contribution >= 4 is 16.8 Å². The van der Waals surface area contributed by atoms with Crippen LogP contribution < -0.4 is 10.3 Å². The smallest absolute Gasteiger partial charge is 0.258 e. The van der Waals surface area contributed by atoms with Gasteiger partial charge in [-0.05, 0) is 43.7 Å². The van der Waals surface area contributed by atoms with Gasteiger partial charge in [-0.25, -0.2) is 4.98 Å². The number of nitrogens with one attached hydrogen (secondary N) is 1. The SMILES string of the molecule is Cc1noc(C)c1COc1ccc(CC(=O)N(C)Cc2nc3ccccc3c(=O)[nH]2)cc1. The van der Waals surface area contributed by atoms with Gasteiger partial charge < -0.3 is 19.1 Å². The first-order valence-corrected chi connectivity index (χ1v) is 10.3. The van der Waals surface area contributed by atoms with Crippen molar-refractivity contribution in [1.29, 1.82) is 0 Å². The van der Waals surface area contributed by atoms with Crippen LogP contribution in [-0.4, -0.2) is 33.0 Å². The van der Waals surface area contributed by atoms with E-state index in [1.54, 1.807) is 30.1 Å². The fourth-order valence-electron chi connectivity index (χ4n) is 3.40. The fourth-order valence-corrected chi connectivity index (χ4v) is 3.40. The van der Waals surface area contributed by atoms with Crippen molar-refractivity contribution in [3.05, 3.63) is 87.3 Å². The summed E-state index contributed by atoms with van der Waals surface area (Å²) < 4.78 is 11.0. The van der Waals surface area contributed by atoms with E-state index in [4.69, 9.17) is 9.26 Å². The number of nitrogens with zero attached hydrogens (tertiary/aromatic N) is 3. The molecule has 0 bridgehead atoms. The van der Waals surface area contributed by atoms with Crippen molar-refractivity contribution in [2.24, 2.45) is 0 Å². The number of aromatic amines is 1. The minimum atomic E-state index is -0.210. The molecule has 4 rings (SSSR count). The molecule has 0 aliphatic carbocycles. The van der Waals surface area contributed by atoms with Gasteiger partial charge in [-0.2, -0.15) is 0 Å². The molecule has 8 nitrogen and oxygen atoms in total. The Balaban J connectivity index is 1.35. The van der Waals surface area contributed by atoms with Crippen molar-refractivity contribution in [1.82, 2.24) is 20.0 Å². The number of hydrogen-bond acceptors (Lipinski definition) is 6. The number of para-hydroxylation sites is 1. The van der Waals surface area contributed by atoms with E-state index < -0.39 is 0 Å². The topological polar surface area (TPSA) is 101 Å². The molecule has 2 aromatic heterocycles. The quantitative estimate of drug-likeness (QED) is 0.481. The van der Waals surface area contributed by atoms with Crippen LogP contribution in [-0.2, 0) is 24.4 Å². The third kappa shape index (κ3) is 4.69. The Kier molecular flexibility index (Phi) is 6.02. The van der Waals surface area contributed by atoms with E-state index in [1.807, 2.05) is 44.2 Å². The summed E-state index contributed by atoms with van der Waals surface area (Å²) in [4.78, 5) is 33.6. The van der Waals surface area contributed by atoms with Crippen LogP contribution in [0, 0.1) is 13.8 Å². The molecule has 0 unspecified atom stereocenters. The van der Waals surface area contributed by atoms with Crippen molar-refractivity contribution in [3.63, 3.8) is 0 Å². The molecule has 1 amide bonds. The molecule has 0 saturated carbocycles. The Morgan fingerprint density at radius 2 is 1.88 bits per heavy atom. The number of amides is 1. The van der Waals surface area contributed by atoms with Crippen LogP contribution in [0.3, 0.4) is 0 Å². The summed E-state index contributed by atoms with van der Waals surface area (Å²) in [5.74, 6) is 1.82. The minimum Gasteiger partial charge on any atom is -0.489 e. The summed E-state index contributed by atoms with van der Waals surface area (Å²) in [5.41, 5.74) is 3.02. The summed E-state index contributed by atoms with van der Waals surface area (Å²) in [6.07, 6.45) is 0.235. The molecule has 32 heavy (non-hydrogen) atoms. The zero-order chi connectivity index (χ0) is 22.7. The lowest BCUT2D eigenvalue weighted by molar-refractivity contribution is -0.129. The van der Waals surface area contributed by atoms with Crippen molar-refractivity contribution < 1.29 is 14.1 Å². The van der Waals surface area contributed by atoms with Crippen LogP contribution >= 0.6 is 0 Å². The maximum atomic E-state index is 12.7. The van der Waals surface area contributed by atoms with Gasteiger partial charge in [0.15, 0.2) is 0 Å². The molecule has 0 saturated heterocycles. The molecule has 164 valence electrons. The number of aryl methyl sites for hydroxylation is 2. The number of fused-ring (bicyclic) bond motifs is 1. The number of ether oxygens (including phenoxy) is 1. The Morgan fingerprint density at radius 1 is 1.12 bits per heavy atom. The van der Waals surface area contributed by atoms with Crippen molar-refractivity contribution in [3.8, 4) is 5.75 Å². The van der Waals surface area contributed by atoms with E-state index in [-0.39, 0.29) is 24.4 Å². The zero-order valence-electron chi connectivity index (χ0n) is 18.2.